The van der Waals surface area contributed by atoms with Crippen molar-refractivity contribution in [1.82, 2.24) is 0 Å². The second kappa shape index (κ2) is 5.49. The zero-order valence-electron chi connectivity index (χ0n) is 10.6. The van der Waals surface area contributed by atoms with Crippen molar-refractivity contribution in [3.63, 3.8) is 0 Å². The average Bonchev–Trinajstić information content (AvgIpc) is 2.24. The first-order chi connectivity index (χ1) is 8.29. The van der Waals surface area contributed by atoms with Crippen LogP contribution >= 0.6 is 0 Å². The summed E-state index contributed by atoms with van der Waals surface area (Å²) in [4.78, 5) is 22.6. The maximum atomic E-state index is 11.7. The van der Waals surface area contributed by atoms with Crippen LogP contribution in [0.25, 0.3) is 6.08 Å². The Morgan fingerprint density at radius 1 is 1.17 bits per heavy atom. The van der Waals surface area contributed by atoms with E-state index in [4.69, 9.17) is 4.74 Å². The van der Waals surface area contributed by atoms with Gasteiger partial charge in [0.15, 0.2) is 0 Å². The maximum absolute atomic E-state index is 11.7. The highest BCUT2D eigenvalue weighted by Gasteiger charge is 2.20. The van der Waals surface area contributed by atoms with E-state index >= 15 is 0 Å². The molecule has 1 aromatic carbocycles. The number of carbonyl (C=O) groups is 2. The summed E-state index contributed by atoms with van der Waals surface area (Å²) in [5.41, 5.74) is -0.638. The zero-order valence-corrected chi connectivity index (χ0v) is 10.6. The van der Waals surface area contributed by atoms with Gasteiger partial charge in [-0.25, -0.2) is 4.79 Å². The highest BCUT2D eigenvalue weighted by atomic mass is 16.6. The van der Waals surface area contributed by atoms with Crippen LogP contribution in [0.3, 0.4) is 0 Å². The third-order valence-electron chi connectivity index (χ3n) is 1.95. The number of carboxylic acid groups (broad SMARTS) is 1. The fourth-order valence-electron chi connectivity index (χ4n) is 1.25. The van der Waals surface area contributed by atoms with Gasteiger partial charge in [-0.15, -0.1) is 0 Å². The smallest absolute Gasteiger partial charge is 0.340 e. The van der Waals surface area contributed by atoms with Crippen molar-refractivity contribution in [2.75, 3.05) is 0 Å². The third kappa shape index (κ3) is 4.41. The lowest BCUT2D eigenvalue weighted by molar-refractivity contribution is -0.299. The van der Waals surface area contributed by atoms with E-state index in [1.165, 1.54) is 6.08 Å². The van der Waals surface area contributed by atoms with Crippen LogP contribution in [0.4, 0.5) is 0 Å². The molecule has 0 fully saturated rings. The normalized spacial score (nSPS) is 12.1. The van der Waals surface area contributed by atoms with Gasteiger partial charge in [0.25, 0.3) is 0 Å². The fourth-order valence-corrected chi connectivity index (χ4v) is 1.25. The van der Waals surface area contributed by atoms with Crippen LogP contribution in [0, 0.1) is 0 Å². The van der Waals surface area contributed by atoms with Crippen LogP contribution < -0.4 is 5.11 Å². The van der Waals surface area contributed by atoms with Crippen LogP contribution in [0.15, 0.2) is 35.9 Å². The van der Waals surface area contributed by atoms with Crippen LogP contribution in [-0.2, 0) is 14.3 Å². The summed E-state index contributed by atoms with van der Waals surface area (Å²) in [6, 6.07) is 8.66. The fraction of sp³-hybridized carbons (Fsp3) is 0.286. The highest BCUT2D eigenvalue weighted by molar-refractivity contribution is 6.16. The van der Waals surface area contributed by atoms with E-state index in [2.05, 4.69) is 0 Å². The molecule has 0 aromatic heterocycles. The Morgan fingerprint density at radius 3 is 2.17 bits per heavy atom. The Labute approximate surface area is 106 Å². The number of ether oxygens (including phenoxy) is 1. The third-order valence-corrected chi connectivity index (χ3v) is 1.95. The molecule has 4 heteroatoms. The quantitative estimate of drug-likeness (QED) is 0.348. The molecular weight excluding hydrogens is 232 g/mol. The molecule has 0 amide bonds. The van der Waals surface area contributed by atoms with Gasteiger partial charge in [0.2, 0.25) is 0 Å². The maximum Gasteiger partial charge on any atom is 0.340 e. The summed E-state index contributed by atoms with van der Waals surface area (Å²) in [5.74, 6) is -2.44. The molecule has 4 nitrogen and oxygen atoms in total. The minimum Gasteiger partial charge on any atom is -0.545 e. The molecule has 0 radical (unpaired) electrons. The molecule has 0 aliphatic rings. The lowest BCUT2D eigenvalue weighted by atomic mass is 10.1. The zero-order chi connectivity index (χ0) is 13.8. The molecule has 18 heavy (non-hydrogen) atoms. The molecule has 0 saturated heterocycles. The van der Waals surface area contributed by atoms with Gasteiger partial charge in [-0.1, -0.05) is 30.3 Å². The van der Waals surface area contributed by atoms with Gasteiger partial charge in [0.1, 0.15) is 5.60 Å². The SMILES string of the molecule is CC(C)(C)OC(=O)/C(=C\c1ccccc1)C(=O)[O-]. The Bertz CT molecular complexity index is 466. The Morgan fingerprint density at radius 2 is 1.72 bits per heavy atom. The van der Waals surface area contributed by atoms with Crippen LogP contribution in [0.1, 0.15) is 26.3 Å². The topological polar surface area (TPSA) is 66.4 Å². The van der Waals surface area contributed by atoms with Crippen molar-refractivity contribution >= 4 is 18.0 Å². The van der Waals surface area contributed by atoms with Gasteiger partial charge in [0.05, 0.1) is 11.5 Å². The second-order valence-electron chi connectivity index (χ2n) is 4.76. The Hall–Kier alpha value is -2.10. The second-order valence-corrected chi connectivity index (χ2v) is 4.76. The molecule has 0 spiro atoms. The summed E-state index contributed by atoms with van der Waals surface area (Å²) >= 11 is 0. The number of hydrogen-bond donors (Lipinski definition) is 0. The van der Waals surface area contributed by atoms with Crippen LogP contribution in [0.2, 0.25) is 0 Å². The molecule has 0 heterocycles. The van der Waals surface area contributed by atoms with E-state index in [9.17, 15) is 14.7 Å². The molecule has 0 N–H and O–H groups in total. The summed E-state index contributed by atoms with van der Waals surface area (Å²) in [7, 11) is 0. The number of aliphatic carboxylic acids is 1. The summed E-state index contributed by atoms with van der Waals surface area (Å²) in [6.45, 7) is 5.00. The lowest BCUT2D eigenvalue weighted by Crippen LogP contribution is -2.33. The number of hydrogen-bond acceptors (Lipinski definition) is 4. The molecule has 0 bridgehead atoms. The first kappa shape index (κ1) is 14.0. The first-order valence-electron chi connectivity index (χ1n) is 5.51. The van der Waals surface area contributed by atoms with Crippen molar-refractivity contribution < 1.29 is 19.4 Å². The Kier molecular flexibility index (Phi) is 4.26. The molecule has 0 atom stereocenters. The van der Waals surface area contributed by atoms with Crippen molar-refractivity contribution in [2.45, 2.75) is 26.4 Å². The standard InChI is InChI=1S/C14H16O4/c1-14(2,3)18-13(17)11(12(15)16)9-10-7-5-4-6-8-10/h4-9H,1-3H3,(H,15,16)/p-1/b11-9-. The van der Waals surface area contributed by atoms with E-state index in [1.54, 1.807) is 51.1 Å². The number of benzene rings is 1. The molecular formula is C14H15O4-. The van der Waals surface area contributed by atoms with Crippen molar-refractivity contribution in [3.8, 4) is 0 Å². The van der Waals surface area contributed by atoms with Crippen LogP contribution in [-0.4, -0.2) is 17.5 Å². The van der Waals surface area contributed by atoms with Gasteiger partial charge in [-0.2, -0.15) is 0 Å². The van der Waals surface area contributed by atoms with E-state index in [0.717, 1.165) is 0 Å². The highest BCUT2D eigenvalue weighted by Crippen LogP contribution is 2.13. The molecule has 0 saturated carbocycles. The largest absolute Gasteiger partial charge is 0.545 e. The van der Waals surface area contributed by atoms with Crippen LogP contribution in [0.5, 0.6) is 0 Å². The van der Waals surface area contributed by atoms with E-state index in [1.807, 2.05) is 0 Å². The van der Waals surface area contributed by atoms with Gasteiger partial charge < -0.3 is 14.6 Å². The molecule has 0 aliphatic heterocycles. The minimum absolute atomic E-state index is 0.490. The molecule has 1 aromatic rings. The number of esters is 1. The summed E-state index contributed by atoms with van der Waals surface area (Å²) in [5, 5.41) is 11.0. The number of carbonyl (C=O) groups excluding carboxylic acids is 2. The average molecular weight is 247 g/mol. The van der Waals surface area contributed by atoms with Gasteiger partial charge in [0, 0.05) is 0 Å². The minimum atomic E-state index is -1.55. The van der Waals surface area contributed by atoms with Gasteiger partial charge in [-0.05, 0) is 32.4 Å². The van der Waals surface area contributed by atoms with E-state index in [0.29, 0.717) is 5.56 Å². The van der Waals surface area contributed by atoms with Gasteiger partial charge in [-0.3, -0.25) is 0 Å². The monoisotopic (exact) mass is 247 g/mol. The lowest BCUT2D eigenvalue weighted by Gasteiger charge is -2.20. The first-order valence-corrected chi connectivity index (χ1v) is 5.51. The van der Waals surface area contributed by atoms with Gasteiger partial charge >= 0.3 is 5.97 Å². The number of carboxylic acids is 1. The molecule has 1 rings (SSSR count). The van der Waals surface area contributed by atoms with Crippen molar-refractivity contribution in [3.05, 3.63) is 41.5 Å². The Balaban J connectivity index is 3.01. The summed E-state index contributed by atoms with van der Waals surface area (Å²) in [6.07, 6.45) is 1.24. The predicted molar refractivity (Wildman–Crippen MR) is 65.3 cm³/mol. The molecule has 96 valence electrons. The van der Waals surface area contributed by atoms with Crippen molar-refractivity contribution in [2.24, 2.45) is 0 Å². The van der Waals surface area contributed by atoms with Crippen molar-refractivity contribution in [1.29, 1.82) is 0 Å². The number of rotatable bonds is 3. The molecule has 0 aliphatic carbocycles. The van der Waals surface area contributed by atoms with E-state index in [-0.39, 0.29) is 0 Å². The molecule has 0 unspecified atom stereocenters. The van der Waals surface area contributed by atoms with E-state index < -0.39 is 23.1 Å². The summed E-state index contributed by atoms with van der Waals surface area (Å²) < 4.78 is 5.01. The predicted octanol–water partition coefficient (Wildman–Crippen LogP) is 1.16.